The van der Waals surface area contributed by atoms with E-state index >= 15 is 0 Å². The number of hydrogen-bond donors (Lipinski definition) is 2. The van der Waals surface area contributed by atoms with Gasteiger partial charge in [-0.1, -0.05) is 24.6 Å². The maximum Gasteiger partial charge on any atom is 0.306 e. The second kappa shape index (κ2) is 6.30. The highest BCUT2D eigenvalue weighted by Crippen LogP contribution is 2.40. The Morgan fingerprint density at radius 3 is 2.32 bits per heavy atom. The van der Waals surface area contributed by atoms with E-state index in [2.05, 4.69) is 10.5 Å². The molecule has 0 unspecified atom stereocenters. The molecule has 3 rings (SSSR count). The average molecular weight is 300 g/mol. The van der Waals surface area contributed by atoms with Crippen molar-refractivity contribution in [1.29, 1.82) is 0 Å². The van der Waals surface area contributed by atoms with Crippen LogP contribution in [0.5, 0.6) is 0 Å². The molecule has 0 heterocycles. The number of nitrogens with one attached hydrogen (secondary N) is 1. The first-order chi connectivity index (χ1) is 10.6. The minimum Gasteiger partial charge on any atom is -0.481 e. The molecule has 2 saturated carbocycles. The van der Waals surface area contributed by atoms with Crippen molar-refractivity contribution < 1.29 is 14.7 Å². The molecule has 0 aliphatic heterocycles. The lowest BCUT2D eigenvalue weighted by Crippen LogP contribution is -2.40. The molecule has 1 aromatic rings. The Labute approximate surface area is 129 Å². The van der Waals surface area contributed by atoms with Crippen LogP contribution in [0.4, 0.5) is 0 Å². The summed E-state index contributed by atoms with van der Waals surface area (Å²) in [5.41, 5.74) is 4.22. The van der Waals surface area contributed by atoms with Crippen molar-refractivity contribution in [2.75, 3.05) is 0 Å². The number of fused-ring (bicyclic) bond motifs is 2. The molecule has 22 heavy (non-hydrogen) atoms. The number of hydrazone groups is 1. The number of benzene rings is 1. The number of rotatable bonds is 3. The molecule has 2 aliphatic carbocycles. The van der Waals surface area contributed by atoms with Gasteiger partial charge in [0, 0.05) is 23.1 Å². The number of carbonyl (C=O) groups is 2. The van der Waals surface area contributed by atoms with E-state index < -0.39 is 5.97 Å². The van der Waals surface area contributed by atoms with E-state index in [1.54, 1.807) is 12.1 Å². The van der Waals surface area contributed by atoms with Gasteiger partial charge < -0.3 is 5.11 Å². The van der Waals surface area contributed by atoms with Crippen LogP contribution in [0.2, 0.25) is 0 Å². The Morgan fingerprint density at radius 2 is 1.73 bits per heavy atom. The van der Waals surface area contributed by atoms with Crippen LogP contribution >= 0.6 is 0 Å². The Bertz CT molecular complexity index is 581. The van der Waals surface area contributed by atoms with Crippen LogP contribution in [-0.2, 0) is 4.79 Å². The highest BCUT2D eigenvalue weighted by molar-refractivity contribution is 5.97. The van der Waals surface area contributed by atoms with Gasteiger partial charge in [-0.15, -0.1) is 0 Å². The molecule has 0 aromatic heterocycles. The maximum atomic E-state index is 12.1. The molecule has 1 aromatic carbocycles. The average Bonchev–Trinajstić information content (AvgIpc) is 2.52. The maximum absolute atomic E-state index is 12.1. The van der Waals surface area contributed by atoms with E-state index in [4.69, 9.17) is 0 Å². The Balaban J connectivity index is 1.71. The second-order valence-electron chi connectivity index (χ2n) is 6.17. The second-order valence-corrected chi connectivity index (χ2v) is 6.17. The number of nitrogens with zero attached hydrogens (tertiary/aromatic N) is 1. The molecule has 2 atom stereocenters. The van der Waals surface area contributed by atoms with Gasteiger partial charge in [0.2, 0.25) is 0 Å². The summed E-state index contributed by atoms with van der Waals surface area (Å²) < 4.78 is 0. The van der Waals surface area contributed by atoms with Crippen LogP contribution in [0.15, 0.2) is 35.4 Å². The fourth-order valence-corrected chi connectivity index (χ4v) is 3.65. The first-order valence-electron chi connectivity index (χ1n) is 7.81. The van der Waals surface area contributed by atoms with E-state index in [0.29, 0.717) is 18.4 Å². The van der Waals surface area contributed by atoms with Gasteiger partial charge in [-0.2, -0.15) is 5.10 Å². The number of amides is 1. The third-order valence-electron chi connectivity index (χ3n) is 4.75. The molecule has 2 N–H and O–H groups in total. The van der Waals surface area contributed by atoms with Gasteiger partial charge in [0.05, 0.1) is 5.92 Å². The van der Waals surface area contributed by atoms with Gasteiger partial charge in [0.1, 0.15) is 0 Å². The summed E-state index contributed by atoms with van der Waals surface area (Å²) in [6, 6.07) is 8.99. The Morgan fingerprint density at radius 1 is 1.09 bits per heavy atom. The third-order valence-corrected chi connectivity index (χ3v) is 4.75. The first-order valence-corrected chi connectivity index (χ1v) is 7.81. The molecular weight excluding hydrogens is 280 g/mol. The van der Waals surface area contributed by atoms with Crippen LogP contribution in [0.1, 0.15) is 42.5 Å². The molecular formula is C17H20N2O3. The molecule has 2 aliphatic rings. The lowest BCUT2D eigenvalue weighted by Gasteiger charge is -2.38. The summed E-state index contributed by atoms with van der Waals surface area (Å²) in [5.74, 6) is -0.788. The predicted molar refractivity (Wildman–Crippen MR) is 82.5 cm³/mol. The van der Waals surface area contributed by atoms with E-state index in [-0.39, 0.29) is 23.7 Å². The SMILES string of the molecule is O=C(NN=C1[C@@H]2CCC[C@@H]1CC(C(=O)O)C2)c1ccccc1. The van der Waals surface area contributed by atoms with Gasteiger partial charge in [-0.05, 0) is 37.8 Å². The van der Waals surface area contributed by atoms with Crippen LogP contribution in [-0.4, -0.2) is 22.7 Å². The van der Waals surface area contributed by atoms with Crippen LogP contribution in [0.25, 0.3) is 0 Å². The van der Waals surface area contributed by atoms with Crippen molar-refractivity contribution in [1.82, 2.24) is 5.43 Å². The van der Waals surface area contributed by atoms with Crippen molar-refractivity contribution in [2.24, 2.45) is 22.9 Å². The summed E-state index contributed by atoms with van der Waals surface area (Å²) in [5, 5.41) is 13.6. The zero-order valence-corrected chi connectivity index (χ0v) is 12.4. The highest BCUT2D eigenvalue weighted by Gasteiger charge is 2.40. The van der Waals surface area contributed by atoms with Gasteiger partial charge in [0.15, 0.2) is 0 Å². The summed E-state index contributed by atoms with van der Waals surface area (Å²) in [6.45, 7) is 0. The van der Waals surface area contributed by atoms with Crippen LogP contribution in [0.3, 0.4) is 0 Å². The molecule has 2 fully saturated rings. The Hall–Kier alpha value is -2.17. The zero-order chi connectivity index (χ0) is 15.5. The van der Waals surface area contributed by atoms with Crippen molar-refractivity contribution in [3.63, 3.8) is 0 Å². The number of carbonyl (C=O) groups excluding carboxylic acids is 1. The van der Waals surface area contributed by atoms with Crippen LogP contribution in [0, 0.1) is 17.8 Å². The minimum absolute atomic E-state index is 0.199. The van der Waals surface area contributed by atoms with Crippen molar-refractivity contribution in [3.8, 4) is 0 Å². The largest absolute Gasteiger partial charge is 0.481 e. The van der Waals surface area contributed by atoms with Gasteiger partial charge in [-0.25, -0.2) is 5.43 Å². The van der Waals surface area contributed by atoms with E-state index in [9.17, 15) is 14.7 Å². The normalized spacial score (nSPS) is 27.1. The van der Waals surface area contributed by atoms with E-state index in [0.717, 1.165) is 25.0 Å². The fraction of sp³-hybridized carbons (Fsp3) is 0.471. The van der Waals surface area contributed by atoms with Gasteiger partial charge in [0.25, 0.3) is 5.91 Å². The molecule has 0 radical (unpaired) electrons. The third kappa shape index (κ3) is 3.03. The summed E-state index contributed by atoms with van der Waals surface area (Å²) >= 11 is 0. The molecule has 5 nitrogen and oxygen atoms in total. The minimum atomic E-state index is -0.704. The lowest BCUT2D eigenvalue weighted by molar-refractivity contribution is -0.143. The fourth-order valence-electron chi connectivity index (χ4n) is 3.65. The van der Waals surface area contributed by atoms with Gasteiger partial charge in [-0.3, -0.25) is 9.59 Å². The quantitative estimate of drug-likeness (QED) is 0.842. The van der Waals surface area contributed by atoms with Crippen molar-refractivity contribution in [2.45, 2.75) is 32.1 Å². The number of carboxylic acid groups (broad SMARTS) is 1. The molecule has 1 amide bonds. The van der Waals surface area contributed by atoms with Gasteiger partial charge >= 0.3 is 5.97 Å². The monoisotopic (exact) mass is 300 g/mol. The molecule has 116 valence electrons. The molecule has 5 heteroatoms. The van der Waals surface area contributed by atoms with E-state index in [1.165, 1.54) is 0 Å². The lowest BCUT2D eigenvalue weighted by atomic mass is 9.66. The number of hydrogen-bond acceptors (Lipinski definition) is 3. The predicted octanol–water partition coefficient (Wildman–Crippen LogP) is 2.68. The van der Waals surface area contributed by atoms with E-state index in [1.807, 2.05) is 18.2 Å². The summed E-state index contributed by atoms with van der Waals surface area (Å²) in [7, 11) is 0. The Kier molecular flexibility index (Phi) is 4.22. The molecule has 0 spiro atoms. The molecule has 2 bridgehead atoms. The van der Waals surface area contributed by atoms with Crippen LogP contribution < -0.4 is 5.43 Å². The zero-order valence-electron chi connectivity index (χ0n) is 12.4. The first kappa shape index (κ1) is 14.8. The topological polar surface area (TPSA) is 78.8 Å². The summed E-state index contributed by atoms with van der Waals surface area (Å²) in [6.07, 6.45) is 4.35. The smallest absolute Gasteiger partial charge is 0.306 e. The standard InChI is InChI=1S/C17H20N2O3/c20-16(11-5-2-1-3-6-11)19-18-15-12-7-4-8-13(15)10-14(9-12)17(21)22/h1-3,5-6,12-14H,4,7-10H2,(H,19,20)(H,21,22)/t12-,13-,14?/m1/s1. The summed E-state index contributed by atoms with van der Waals surface area (Å²) in [4.78, 5) is 23.3. The highest BCUT2D eigenvalue weighted by atomic mass is 16.4. The van der Waals surface area contributed by atoms with Crippen molar-refractivity contribution >= 4 is 17.6 Å². The molecule has 0 saturated heterocycles. The van der Waals surface area contributed by atoms with Crippen molar-refractivity contribution in [3.05, 3.63) is 35.9 Å². The number of carboxylic acids is 1. The number of aliphatic carboxylic acids is 1.